The summed E-state index contributed by atoms with van der Waals surface area (Å²) in [6.07, 6.45) is 0. The van der Waals surface area contributed by atoms with Gasteiger partial charge >= 0.3 is 12.0 Å². The highest BCUT2D eigenvalue weighted by Gasteiger charge is 2.36. The van der Waals surface area contributed by atoms with E-state index in [-0.39, 0.29) is 6.03 Å². The second-order valence-electron chi connectivity index (χ2n) is 5.93. The molecule has 23 heavy (non-hydrogen) atoms. The zero-order chi connectivity index (χ0) is 17.1. The minimum Gasteiger partial charge on any atom is -0.466 e. The van der Waals surface area contributed by atoms with Crippen LogP contribution in [-0.4, -0.2) is 30.6 Å². The first-order chi connectivity index (χ1) is 10.8. The zero-order valence-corrected chi connectivity index (χ0v) is 15.3. The minimum atomic E-state index is -0.508. The van der Waals surface area contributed by atoms with Gasteiger partial charge < -0.3 is 10.1 Å². The Hall–Kier alpha value is -1.82. The molecule has 1 aromatic carbocycles. The number of ether oxygens (including phenoxy) is 1. The smallest absolute Gasteiger partial charge is 0.337 e. The van der Waals surface area contributed by atoms with Crippen LogP contribution in [0.1, 0.15) is 32.4 Å². The molecular formula is C17H21BrN2O3. The molecule has 6 heteroatoms. The fourth-order valence-electron chi connectivity index (χ4n) is 2.65. The fraction of sp³-hybridized carbons (Fsp3) is 0.412. The maximum Gasteiger partial charge on any atom is 0.337 e. The van der Waals surface area contributed by atoms with Gasteiger partial charge in [0.1, 0.15) is 0 Å². The number of allylic oxidation sites excluding steroid dienone is 1. The van der Waals surface area contributed by atoms with E-state index < -0.39 is 12.0 Å². The van der Waals surface area contributed by atoms with Crippen molar-refractivity contribution >= 4 is 27.9 Å². The van der Waals surface area contributed by atoms with Crippen molar-refractivity contribution in [2.75, 3.05) is 13.7 Å². The van der Waals surface area contributed by atoms with Gasteiger partial charge in [0.05, 0.1) is 18.7 Å². The number of hydrogen-bond donors (Lipinski definition) is 1. The summed E-state index contributed by atoms with van der Waals surface area (Å²) >= 11 is 3.39. The predicted octanol–water partition coefficient (Wildman–Crippen LogP) is 3.62. The monoisotopic (exact) mass is 380 g/mol. The van der Waals surface area contributed by atoms with Gasteiger partial charge in [0.25, 0.3) is 0 Å². The average molecular weight is 381 g/mol. The Morgan fingerprint density at radius 3 is 2.48 bits per heavy atom. The van der Waals surface area contributed by atoms with E-state index in [4.69, 9.17) is 4.74 Å². The molecule has 0 spiro atoms. The molecule has 0 aromatic heterocycles. The normalized spacial score (nSPS) is 18.3. The summed E-state index contributed by atoms with van der Waals surface area (Å²) in [5, 5.41) is 2.92. The minimum absolute atomic E-state index is 0.197. The molecular weight excluding hydrogens is 360 g/mol. The van der Waals surface area contributed by atoms with Crippen molar-refractivity contribution in [2.24, 2.45) is 5.92 Å². The first kappa shape index (κ1) is 17.5. The van der Waals surface area contributed by atoms with Gasteiger partial charge in [-0.15, -0.1) is 0 Å². The summed E-state index contributed by atoms with van der Waals surface area (Å²) in [7, 11) is 1.35. The third-order valence-corrected chi connectivity index (χ3v) is 4.28. The summed E-state index contributed by atoms with van der Waals surface area (Å²) in [5.41, 5.74) is 1.95. The Morgan fingerprint density at radius 2 is 1.96 bits per heavy atom. The fourth-order valence-corrected chi connectivity index (χ4v) is 2.91. The van der Waals surface area contributed by atoms with Gasteiger partial charge in [-0.1, -0.05) is 41.9 Å². The molecule has 1 heterocycles. The average Bonchev–Trinajstić information content (AvgIpc) is 2.51. The molecule has 0 saturated carbocycles. The third kappa shape index (κ3) is 3.75. The number of benzene rings is 1. The van der Waals surface area contributed by atoms with E-state index in [1.54, 1.807) is 11.8 Å². The van der Waals surface area contributed by atoms with Gasteiger partial charge in [0.2, 0.25) is 0 Å². The van der Waals surface area contributed by atoms with Gasteiger partial charge in [-0.05, 0) is 30.5 Å². The maximum atomic E-state index is 12.5. The number of carbonyl (C=O) groups excluding carboxylic acids is 2. The van der Waals surface area contributed by atoms with E-state index >= 15 is 0 Å². The topological polar surface area (TPSA) is 58.6 Å². The number of nitrogens with one attached hydrogen (secondary N) is 1. The largest absolute Gasteiger partial charge is 0.466 e. The second-order valence-corrected chi connectivity index (χ2v) is 6.84. The summed E-state index contributed by atoms with van der Waals surface area (Å²) in [5.74, 6) is -0.136. The number of urea groups is 1. The van der Waals surface area contributed by atoms with Crippen molar-refractivity contribution in [2.45, 2.75) is 26.8 Å². The van der Waals surface area contributed by atoms with Crippen LogP contribution in [-0.2, 0) is 9.53 Å². The molecule has 124 valence electrons. The highest BCUT2D eigenvalue weighted by molar-refractivity contribution is 9.10. The lowest BCUT2D eigenvalue weighted by Crippen LogP contribution is -2.49. The number of halogens is 1. The Labute approximate surface area is 144 Å². The van der Waals surface area contributed by atoms with Crippen LogP contribution in [0.5, 0.6) is 0 Å². The summed E-state index contributed by atoms with van der Waals surface area (Å²) in [6.45, 7) is 6.39. The van der Waals surface area contributed by atoms with Crippen LogP contribution in [0.2, 0.25) is 0 Å². The molecule has 0 unspecified atom stereocenters. The van der Waals surface area contributed by atoms with E-state index in [9.17, 15) is 9.59 Å². The van der Waals surface area contributed by atoms with Gasteiger partial charge in [-0.2, -0.15) is 0 Å². The molecule has 1 aliphatic rings. The molecule has 2 amide bonds. The number of carbonyl (C=O) groups is 2. The lowest BCUT2D eigenvalue weighted by molar-refractivity contribution is -0.136. The number of amides is 2. The highest BCUT2D eigenvalue weighted by Crippen LogP contribution is 2.32. The number of esters is 1. The molecule has 0 bridgehead atoms. The quantitative estimate of drug-likeness (QED) is 0.811. The molecule has 1 atom stereocenters. The van der Waals surface area contributed by atoms with Crippen molar-refractivity contribution in [1.82, 2.24) is 10.2 Å². The van der Waals surface area contributed by atoms with Crippen LogP contribution in [0.3, 0.4) is 0 Å². The highest BCUT2D eigenvalue weighted by atomic mass is 79.9. The SMILES string of the molecule is COC(=O)C1=C(C)N(CC(C)C)C(=O)N[C@H]1c1ccc(Br)cc1. The van der Waals surface area contributed by atoms with Crippen LogP contribution >= 0.6 is 15.9 Å². The first-order valence-corrected chi connectivity index (χ1v) is 8.27. The van der Waals surface area contributed by atoms with Gasteiger partial charge in [-0.25, -0.2) is 9.59 Å². The number of rotatable bonds is 4. The predicted molar refractivity (Wildman–Crippen MR) is 91.7 cm³/mol. The van der Waals surface area contributed by atoms with Gasteiger partial charge in [0.15, 0.2) is 0 Å². The summed E-state index contributed by atoms with van der Waals surface area (Å²) in [6, 6.07) is 6.81. The lowest BCUT2D eigenvalue weighted by atomic mass is 9.94. The van der Waals surface area contributed by atoms with Crippen molar-refractivity contribution in [3.63, 3.8) is 0 Å². The Bertz CT molecular complexity index is 638. The van der Waals surface area contributed by atoms with Crippen molar-refractivity contribution in [1.29, 1.82) is 0 Å². The lowest BCUT2D eigenvalue weighted by Gasteiger charge is -2.36. The van der Waals surface area contributed by atoms with E-state index in [0.29, 0.717) is 23.7 Å². The standard InChI is InChI=1S/C17H21BrN2O3/c1-10(2)9-20-11(3)14(16(21)23-4)15(19-17(20)22)12-5-7-13(18)8-6-12/h5-8,10,15H,9H2,1-4H3,(H,19,22)/t15-/m0/s1. The third-order valence-electron chi connectivity index (χ3n) is 3.75. The number of nitrogens with zero attached hydrogens (tertiary/aromatic N) is 1. The van der Waals surface area contributed by atoms with Crippen molar-refractivity contribution in [3.8, 4) is 0 Å². The molecule has 0 aliphatic carbocycles. The van der Waals surface area contributed by atoms with Crippen LogP contribution in [0.15, 0.2) is 40.0 Å². The summed E-state index contributed by atoms with van der Waals surface area (Å²) < 4.78 is 5.88. The Kier molecular flexibility index (Phi) is 5.46. The molecule has 5 nitrogen and oxygen atoms in total. The van der Waals surface area contributed by atoms with E-state index in [0.717, 1.165) is 10.0 Å². The van der Waals surface area contributed by atoms with Gasteiger partial charge in [-0.3, -0.25) is 4.90 Å². The molecule has 0 radical (unpaired) electrons. The van der Waals surface area contributed by atoms with Crippen LogP contribution in [0.25, 0.3) is 0 Å². The molecule has 0 saturated heterocycles. The molecule has 1 N–H and O–H groups in total. The molecule has 0 fully saturated rings. The molecule has 1 aromatic rings. The number of methoxy groups -OCH3 is 1. The number of hydrogen-bond acceptors (Lipinski definition) is 3. The Balaban J connectivity index is 2.50. The van der Waals surface area contributed by atoms with Gasteiger partial charge in [0, 0.05) is 16.7 Å². The van der Waals surface area contributed by atoms with Crippen LogP contribution in [0.4, 0.5) is 4.79 Å². The maximum absolute atomic E-state index is 12.5. The van der Waals surface area contributed by atoms with E-state index in [1.165, 1.54) is 7.11 Å². The van der Waals surface area contributed by atoms with Crippen molar-refractivity contribution in [3.05, 3.63) is 45.6 Å². The van der Waals surface area contributed by atoms with E-state index in [1.807, 2.05) is 38.1 Å². The second kappa shape index (κ2) is 7.17. The van der Waals surface area contributed by atoms with Crippen LogP contribution < -0.4 is 5.32 Å². The molecule has 2 rings (SSSR count). The first-order valence-electron chi connectivity index (χ1n) is 7.47. The summed E-state index contributed by atoms with van der Waals surface area (Å²) in [4.78, 5) is 26.4. The molecule has 1 aliphatic heterocycles. The zero-order valence-electron chi connectivity index (χ0n) is 13.7. The van der Waals surface area contributed by atoms with E-state index in [2.05, 4.69) is 21.2 Å². The Morgan fingerprint density at radius 1 is 1.35 bits per heavy atom. The van der Waals surface area contributed by atoms with Crippen LogP contribution in [0, 0.1) is 5.92 Å². The van der Waals surface area contributed by atoms with Crippen molar-refractivity contribution < 1.29 is 14.3 Å².